The van der Waals surface area contributed by atoms with Gasteiger partial charge in [-0.2, -0.15) is 0 Å². The fourth-order valence-electron chi connectivity index (χ4n) is 4.11. The molecule has 190 valence electrons. The van der Waals surface area contributed by atoms with Crippen LogP contribution in [0.5, 0.6) is 0 Å². The van der Waals surface area contributed by atoms with Crippen molar-refractivity contribution in [3.63, 3.8) is 0 Å². The number of piperidine rings is 1. The summed E-state index contributed by atoms with van der Waals surface area (Å²) >= 11 is 6.11. The molecule has 1 aliphatic heterocycles. The van der Waals surface area contributed by atoms with Gasteiger partial charge in [0.05, 0.1) is 16.7 Å². The molecule has 0 radical (unpaired) electrons. The summed E-state index contributed by atoms with van der Waals surface area (Å²) in [5.74, 6) is -1.68. The van der Waals surface area contributed by atoms with Gasteiger partial charge in [-0.05, 0) is 67.4 Å². The number of likely N-dealkylation sites (tertiary alicyclic amines) is 1. The fourth-order valence-corrected chi connectivity index (χ4v) is 4.32. The van der Waals surface area contributed by atoms with E-state index in [1.54, 1.807) is 53.4 Å². The van der Waals surface area contributed by atoms with Crippen molar-refractivity contribution in [3.8, 4) is 0 Å². The maximum Gasteiger partial charge on any atom is 0.410 e. The van der Waals surface area contributed by atoms with Crippen LogP contribution in [0.15, 0.2) is 6.07 Å². The highest BCUT2D eigenvalue weighted by Gasteiger charge is 2.49. The Kier molecular flexibility index (Phi) is 8.39. The number of aromatic nitrogens is 1. The molecule has 0 aliphatic carbocycles. The maximum absolute atomic E-state index is 15.3. The molecule has 1 aliphatic rings. The Hall–Kier alpha value is -2.22. The number of Topliss-reactive ketones (excluding diaryl/α,β-unsaturated/α-hetero) is 1. The van der Waals surface area contributed by atoms with Crippen LogP contribution in [-0.2, 0) is 20.7 Å². The number of pyridine rings is 1. The van der Waals surface area contributed by atoms with Gasteiger partial charge in [0.15, 0.2) is 11.6 Å². The average Bonchev–Trinajstić information content (AvgIpc) is 2.67. The summed E-state index contributed by atoms with van der Waals surface area (Å²) in [6, 6.07) is 0.829. The summed E-state index contributed by atoms with van der Waals surface area (Å²) in [5, 5.41) is -0.0215. The largest absolute Gasteiger partial charge is 0.460 e. The molecule has 7 nitrogen and oxygen atoms in total. The number of ether oxygens (including phenoxy) is 2. The lowest BCUT2D eigenvalue weighted by atomic mass is 9.72. The van der Waals surface area contributed by atoms with E-state index in [9.17, 15) is 14.4 Å². The van der Waals surface area contributed by atoms with E-state index in [-0.39, 0.29) is 54.7 Å². The van der Waals surface area contributed by atoms with Crippen molar-refractivity contribution in [1.29, 1.82) is 0 Å². The Balaban J connectivity index is 2.45. The van der Waals surface area contributed by atoms with Gasteiger partial charge < -0.3 is 14.4 Å². The van der Waals surface area contributed by atoms with Crippen LogP contribution in [0.4, 0.5) is 9.18 Å². The van der Waals surface area contributed by atoms with Gasteiger partial charge in [-0.15, -0.1) is 0 Å². The number of carbonyl (C=O) groups is 3. The van der Waals surface area contributed by atoms with Gasteiger partial charge in [-0.3, -0.25) is 9.59 Å². The van der Waals surface area contributed by atoms with Gasteiger partial charge in [-0.1, -0.05) is 18.5 Å². The summed E-state index contributed by atoms with van der Waals surface area (Å²) in [5.41, 5.74) is -2.79. The molecule has 34 heavy (non-hydrogen) atoms. The van der Waals surface area contributed by atoms with Gasteiger partial charge in [0.1, 0.15) is 16.4 Å². The number of carbonyl (C=O) groups excluding carboxylic acids is 3. The van der Waals surface area contributed by atoms with Gasteiger partial charge in [-0.25, -0.2) is 14.2 Å². The van der Waals surface area contributed by atoms with E-state index in [0.717, 1.165) is 0 Å². The standard InChI is InChI=1S/C25H36ClFN2O5/c1-9-18(30)16-12-19(26)28-17(20(16)27)14-25(21(31)33-23(3,4)5)10-11-29(15(2)13-25)22(32)34-24(6,7)8/h12,15H,9-11,13-14H2,1-8H3/t15-,25-/m1/s1. The molecule has 1 fully saturated rings. The summed E-state index contributed by atoms with van der Waals surface area (Å²) in [4.78, 5) is 44.1. The van der Waals surface area contributed by atoms with Crippen molar-refractivity contribution >= 4 is 29.4 Å². The molecule has 0 aromatic carbocycles. The second-order valence-electron chi connectivity index (χ2n) is 11.0. The average molecular weight is 499 g/mol. The van der Waals surface area contributed by atoms with E-state index in [1.807, 2.05) is 6.92 Å². The zero-order valence-corrected chi connectivity index (χ0v) is 22.1. The molecule has 0 unspecified atom stereocenters. The predicted molar refractivity (Wildman–Crippen MR) is 127 cm³/mol. The second-order valence-corrected chi connectivity index (χ2v) is 11.4. The molecule has 0 N–H and O–H groups in total. The summed E-state index contributed by atoms with van der Waals surface area (Å²) in [6.07, 6.45) is -0.0384. The predicted octanol–water partition coefficient (Wildman–Crippen LogP) is 5.76. The number of halogens is 2. The number of rotatable bonds is 5. The van der Waals surface area contributed by atoms with Gasteiger partial charge >= 0.3 is 12.1 Å². The first-order valence-corrected chi connectivity index (χ1v) is 12.0. The molecule has 1 aromatic heterocycles. The van der Waals surface area contributed by atoms with Crippen molar-refractivity contribution in [3.05, 3.63) is 28.3 Å². The van der Waals surface area contributed by atoms with Crippen LogP contribution in [0.3, 0.4) is 0 Å². The number of ketones is 1. The van der Waals surface area contributed by atoms with Crippen molar-refractivity contribution in [2.24, 2.45) is 5.41 Å². The zero-order valence-electron chi connectivity index (χ0n) is 21.4. The van der Waals surface area contributed by atoms with Crippen LogP contribution in [0.25, 0.3) is 0 Å². The monoisotopic (exact) mass is 498 g/mol. The molecule has 1 aromatic rings. The highest BCUT2D eigenvalue weighted by atomic mass is 35.5. The number of esters is 1. The molecule has 2 heterocycles. The third kappa shape index (κ3) is 6.90. The van der Waals surface area contributed by atoms with Gasteiger partial charge in [0.25, 0.3) is 0 Å². The second kappa shape index (κ2) is 10.2. The van der Waals surface area contributed by atoms with E-state index in [2.05, 4.69) is 4.98 Å². The summed E-state index contributed by atoms with van der Waals surface area (Å²) in [6.45, 7) is 14.3. The lowest BCUT2D eigenvalue weighted by Gasteiger charge is -2.44. The molecule has 2 atom stereocenters. The Morgan fingerprint density at radius 3 is 2.26 bits per heavy atom. The Labute approximate surface area is 206 Å². The van der Waals surface area contributed by atoms with Crippen LogP contribution in [0.1, 0.15) is 90.7 Å². The van der Waals surface area contributed by atoms with Crippen LogP contribution < -0.4 is 0 Å². The van der Waals surface area contributed by atoms with Crippen molar-refractivity contribution in [2.45, 2.75) is 98.3 Å². The quantitative estimate of drug-likeness (QED) is 0.291. The first kappa shape index (κ1) is 28.0. The van der Waals surface area contributed by atoms with Crippen LogP contribution in [0.2, 0.25) is 5.15 Å². The molecule has 0 saturated carbocycles. The lowest BCUT2D eigenvalue weighted by Crippen LogP contribution is -2.54. The van der Waals surface area contributed by atoms with E-state index in [1.165, 1.54) is 6.07 Å². The molecule has 9 heteroatoms. The van der Waals surface area contributed by atoms with Crippen molar-refractivity contribution < 1.29 is 28.2 Å². The normalized spacial score (nSPS) is 21.2. The SMILES string of the molecule is CCC(=O)c1cc(Cl)nc(C[C@@]2(C(=O)OC(C)(C)C)CCN(C(=O)OC(C)(C)C)[C@H](C)C2)c1F. The van der Waals surface area contributed by atoms with Crippen molar-refractivity contribution in [2.75, 3.05) is 6.54 Å². The minimum absolute atomic E-state index is 0.0215. The number of hydrogen-bond donors (Lipinski definition) is 0. The molecule has 1 amide bonds. The minimum atomic E-state index is -1.16. The Bertz CT molecular complexity index is 954. The van der Waals surface area contributed by atoms with E-state index in [4.69, 9.17) is 21.1 Å². The highest BCUT2D eigenvalue weighted by Crippen LogP contribution is 2.41. The summed E-state index contributed by atoms with van der Waals surface area (Å²) in [7, 11) is 0. The Morgan fingerprint density at radius 2 is 1.76 bits per heavy atom. The smallest absolute Gasteiger partial charge is 0.410 e. The van der Waals surface area contributed by atoms with Crippen LogP contribution in [0, 0.1) is 11.2 Å². The number of hydrogen-bond acceptors (Lipinski definition) is 6. The van der Waals surface area contributed by atoms with Crippen LogP contribution >= 0.6 is 11.6 Å². The molecular weight excluding hydrogens is 463 g/mol. The molecular formula is C25H36ClFN2O5. The highest BCUT2D eigenvalue weighted by molar-refractivity contribution is 6.29. The molecule has 0 bridgehead atoms. The van der Waals surface area contributed by atoms with E-state index < -0.39 is 40.3 Å². The van der Waals surface area contributed by atoms with Crippen molar-refractivity contribution in [1.82, 2.24) is 9.88 Å². The zero-order chi connectivity index (χ0) is 26.1. The summed E-state index contributed by atoms with van der Waals surface area (Å²) < 4.78 is 26.6. The minimum Gasteiger partial charge on any atom is -0.460 e. The topological polar surface area (TPSA) is 85.8 Å². The third-order valence-corrected chi connectivity index (χ3v) is 5.83. The van der Waals surface area contributed by atoms with Gasteiger partial charge in [0.2, 0.25) is 0 Å². The molecule has 2 rings (SSSR count). The maximum atomic E-state index is 15.3. The number of amides is 1. The fraction of sp³-hybridized carbons (Fsp3) is 0.680. The van der Waals surface area contributed by atoms with Crippen LogP contribution in [-0.4, -0.2) is 51.5 Å². The first-order chi connectivity index (χ1) is 15.5. The first-order valence-electron chi connectivity index (χ1n) is 11.6. The van der Waals surface area contributed by atoms with E-state index >= 15 is 4.39 Å². The molecule has 0 spiro atoms. The van der Waals surface area contributed by atoms with E-state index in [0.29, 0.717) is 0 Å². The number of nitrogens with zero attached hydrogens (tertiary/aromatic N) is 2. The van der Waals surface area contributed by atoms with Gasteiger partial charge in [0, 0.05) is 25.4 Å². The third-order valence-electron chi connectivity index (χ3n) is 5.63. The Morgan fingerprint density at radius 1 is 1.18 bits per heavy atom. The lowest BCUT2D eigenvalue weighted by molar-refractivity contribution is -0.172. The molecule has 1 saturated heterocycles.